The Morgan fingerprint density at radius 2 is 1.91 bits per heavy atom. The minimum absolute atomic E-state index is 0.00311. The summed E-state index contributed by atoms with van der Waals surface area (Å²) in [4.78, 5) is 31.1. The first-order chi connectivity index (χ1) is 17.0. The third kappa shape index (κ3) is 5.62. The minimum Gasteiger partial charge on any atom is -0.494 e. The molecule has 1 amide bonds. The second-order valence-corrected chi connectivity index (χ2v) is 7.95. The highest BCUT2D eigenvalue weighted by Crippen LogP contribution is 2.26. The molecule has 35 heavy (non-hydrogen) atoms. The zero-order valence-corrected chi connectivity index (χ0v) is 19.7. The standard InChI is InChI=1S/C24H25N7O4/c1-31(2)23(32)22-21(33-3)12-15(14-27-22)28-24-26-9-6-18(30-24)17-4-5-20(19(13-25)29-17)35-16-7-10-34-11-8-16/h4-6,9,12,14,16H,7-8,10-11H2,1-3H3,(H,26,28,30). The largest absolute Gasteiger partial charge is 0.494 e. The van der Waals surface area contributed by atoms with E-state index in [1.165, 1.54) is 18.2 Å². The Kier molecular flexibility index (Phi) is 7.32. The molecule has 1 aliphatic heterocycles. The van der Waals surface area contributed by atoms with E-state index in [1.54, 1.807) is 44.6 Å². The molecule has 0 saturated carbocycles. The quantitative estimate of drug-likeness (QED) is 0.543. The van der Waals surface area contributed by atoms with Gasteiger partial charge in [0.15, 0.2) is 22.9 Å². The van der Waals surface area contributed by atoms with Crippen molar-refractivity contribution in [3.05, 3.63) is 48.0 Å². The number of methoxy groups -OCH3 is 1. The van der Waals surface area contributed by atoms with E-state index in [-0.39, 0.29) is 23.4 Å². The maximum Gasteiger partial charge on any atom is 0.275 e. The summed E-state index contributed by atoms with van der Waals surface area (Å²) in [6.07, 6.45) is 4.64. The summed E-state index contributed by atoms with van der Waals surface area (Å²) in [7, 11) is 4.76. The molecular weight excluding hydrogens is 450 g/mol. The van der Waals surface area contributed by atoms with Gasteiger partial charge in [0, 0.05) is 39.2 Å². The number of carbonyl (C=O) groups excluding carboxylic acids is 1. The van der Waals surface area contributed by atoms with Crippen molar-refractivity contribution >= 4 is 17.5 Å². The highest BCUT2D eigenvalue weighted by molar-refractivity contribution is 5.95. The number of amides is 1. The van der Waals surface area contributed by atoms with Crippen molar-refractivity contribution in [1.82, 2.24) is 24.8 Å². The first-order valence-electron chi connectivity index (χ1n) is 11.0. The van der Waals surface area contributed by atoms with E-state index in [4.69, 9.17) is 14.2 Å². The smallest absolute Gasteiger partial charge is 0.275 e. The maximum atomic E-state index is 12.3. The van der Waals surface area contributed by atoms with E-state index < -0.39 is 0 Å². The van der Waals surface area contributed by atoms with Crippen molar-refractivity contribution in [2.75, 3.05) is 39.7 Å². The van der Waals surface area contributed by atoms with Crippen LogP contribution in [-0.2, 0) is 4.74 Å². The summed E-state index contributed by atoms with van der Waals surface area (Å²) in [5, 5.41) is 12.7. The normalized spacial score (nSPS) is 13.5. The summed E-state index contributed by atoms with van der Waals surface area (Å²) >= 11 is 0. The molecule has 3 aromatic heterocycles. The number of ether oxygens (including phenoxy) is 3. The first kappa shape index (κ1) is 23.8. The van der Waals surface area contributed by atoms with Crippen LogP contribution in [0.2, 0.25) is 0 Å². The number of nitriles is 1. The summed E-state index contributed by atoms with van der Waals surface area (Å²) in [6, 6.07) is 8.95. The van der Waals surface area contributed by atoms with Crippen LogP contribution in [0.5, 0.6) is 11.5 Å². The topological polar surface area (TPSA) is 135 Å². The molecule has 4 rings (SSSR count). The van der Waals surface area contributed by atoms with Crippen LogP contribution in [0.4, 0.5) is 11.6 Å². The van der Waals surface area contributed by atoms with E-state index in [0.717, 1.165) is 12.8 Å². The van der Waals surface area contributed by atoms with Gasteiger partial charge < -0.3 is 24.4 Å². The van der Waals surface area contributed by atoms with Crippen molar-refractivity contribution in [2.45, 2.75) is 18.9 Å². The van der Waals surface area contributed by atoms with E-state index in [1.807, 2.05) is 0 Å². The fourth-order valence-electron chi connectivity index (χ4n) is 3.47. The SMILES string of the molecule is COc1cc(Nc2nccc(-c3ccc(OC4CCOCC4)c(C#N)n3)n2)cnc1C(=O)N(C)C. The Morgan fingerprint density at radius 1 is 1.14 bits per heavy atom. The van der Waals surface area contributed by atoms with Crippen molar-refractivity contribution in [3.63, 3.8) is 0 Å². The predicted octanol–water partition coefficient (Wildman–Crippen LogP) is 2.82. The number of hydrogen-bond acceptors (Lipinski definition) is 10. The van der Waals surface area contributed by atoms with Crippen LogP contribution >= 0.6 is 0 Å². The van der Waals surface area contributed by atoms with Gasteiger partial charge >= 0.3 is 0 Å². The number of nitrogens with one attached hydrogen (secondary N) is 1. The molecule has 11 nitrogen and oxygen atoms in total. The summed E-state index contributed by atoms with van der Waals surface area (Å²) < 4.78 is 16.7. The Morgan fingerprint density at radius 3 is 2.63 bits per heavy atom. The molecule has 180 valence electrons. The molecule has 0 radical (unpaired) electrons. The van der Waals surface area contributed by atoms with Gasteiger partial charge in [0.2, 0.25) is 5.95 Å². The van der Waals surface area contributed by atoms with Crippen molar-refractivity contribution in [2.24, 2.45) is 0 Å². The molecule has 0 aromatic carbocycles. The summed E-state index contributed by atoms with van der Waals surface area (Å²) in [5.74, 6) is 0.794. The van der Waals surface area contributed by atoms with Gasteiger partial charge in [-0.1, -0.05) is 0 Å². The van der Waals surface area contributed by atoms with E-state index in [2.05, 4.69) is 31.3 Å². The molecule has 1 aliphatic rings. The second kappa shape index (κ2) is 10.8. The molecule has 0 bridgehead atoms. The summed E-state index contributed by atoms with van der Waals surface area (Å²) in [6.45, 7) is 1.29. The molecular formula is C24H25N7O4. The van der Waals surface area contributed by atoms with Crippen LogP contribution < -0.4 is 14.8 Å². The Balaban J connectivity index is 1.54. The summed E-state index contributed by atoms with van der Waals surface area (Å²) in [5.41, 5.74) is 1.97. The van der Waals surface area contributed by atoms with Crippen molar-refractivity contribution in [1.29, 1.82) is 5.26 Å². The monoisotopic (exact) mass is 475 g/mol. The Hall–Kier alpha value is -4.30. The van der Waals surface area contributed by atoms with Crippen molar-refractivity contribution < 1.29 is 19.0 Å². The van der Waals surface area contributed by atoms with Gasteiger partial charge in [-0.3, -0.25) is 4.79 Å². The highest BCUT2D eigenvalue weighted by atomic mass is 16.5. The molecule has 0 atom stereocenters. The van der Waals surface area contributed by atoms with Gasteiger partial charge in [0.1, 0.15) is 12.2 Å². The second-order valence-electron chi connectivity index (χ2n) is 7.95. The molecule has 1 N–H and O–H groups in total. The van der Waals surface area contributed by atoms with Crippen LogP contribution in [0.3, 0.4) is 0 Å². The lowest BCUT2D eigenvalue weighted by Crippen LogP contribution is -2.26. The van der Waals surface area contributed by atoms with Gasteiger partial charge in [0.05, 0.1) is 43.6 Å². The fourth-order valence-corrected chi connectivity index (χ4v) is 3.47. The zero-order valence-electron chi connectivity index (χ0n) is 19.7. The molecule has 0 spiro atoms. The molecule has 0 aliphatic carbocycles. The molecule has 1 fully saturated rings. The number of anilines is 2. The molecule has 1 saturated heterocycles. The van der Waals surface area contributed by atoms with Crippen LogP contribution in [0.25, 0.3) is 11.4 Å². The first-order valence-corrected chi connectivity index (χ1v) is 11.0. The van der Waals surface area contributed by atoms with Gasteiger partial charge in [-0.2, -0.15) is 5.26 Å². The van der Waals surface area contributed by atoms with Crippen LogP contribution in [0.1, 0.15) is 29.0 Å². The third-order valence-corrected chi connectivity index (χ3v) is 5.28. The van der Waals surface area contributed by atoms with Gasteiger partial charge in [-0.05, 0) is 18.2 Å². The number of carbonyl (C=O) groups is 1. The zero-order chi connectivity index (χ0) is 24.8. The number of hydrogen-bond donors (Lipinski definition) is 1. The average molecular weight is 476 g/mol. The Bertz CT molecular complexity index is 1250. The number of rotatable bonds is 7. The number of nitrogens with zero attached hydrogens (tertiary/aromatic N) is 6. The molecule has 3 aromatic rings. The number of aromatic nitrogens is 4. The van der Waals surface area contributed by atoms with Gasteiger partial charge in [-0.25, -0.2) is 19.9 Å². The Labute approximate surface area is 202 Å². The van der Waals surface area contributed by atoms with E-state index in [0.29, 0.717) is 47.7 Å². The molecule has 4 heterocycles. The van der Waals surface area contributed by atoms with Crippen LogP contribution in [-0.4, -0.2) is 71.3 Å². The lowest BCUT2D eigenvalue weighted by Gasteiger charge is -2.23. The van der Waals surface area contributed by atoms with E-state index >= 15 is 0 Å². The molecule has 0 unspecified atom stereocenters. The van der Waals surface area contributed by atoms with Crippen LogP contribution in [0, 0.1) is 11.3 Å². The average Bonchev–Trinajstić information content (AvgIpc) is 2.89. The lowest BCUT2D eigenvalue weighted by molar-refractivity contribution is 0.0253. The highest BCUT2D eigenvalue weighted by Gasteiger charge is 2.19. The third-order valence-electron chi connectivity index (χ3n) is 5.28. The minimum atomic E-state index is -0.268. The predicted molar refractivity (Wildman–Crippen MR) is 127 cm³/mol. The van der Waals surface area contributed by atoms with Crippen LogP contribution in [0.15, 0.2) is 36.7 Å². The fraction of sp³-hybridized carbons (Fsp3) is 0.333. The molecule has 11 heteroatoms. The number of pyridine rings is 2. The van der Waals surface area contributed by atoms with Crippen molar-refractivity contribution in [3.8, 4) is 29.0 Å². The lowest BCUT2D eigenvalue weighted by atomic mass is 10.1. The van der Waals surface area contributed by atoms with E-state index in [9.17, 15) is 10.1 Å². The van der Waals surface area contributed by atoms with Gasteiger partial charge in [0.25, 0.3) is 5.91 Å². The van der Waals surface area contributed by atoms with Gasteiger partial charge in [-0.15, -0.1) is 0 Å². The maximum absolute atomic E-state index is 12.3.